The van der Waals surface area contributed by atoms with Crippen molar-refractivity contribution in [1.29, 1.82) is 0 Å². The van der Waals surface area contributed by atoms with Gasteiger partial charge < -0.3 is 18.9 Å². The lowest BCUT2D eigenvalue weighted by Crippen LogP contribution is -2.38. The quantitative estimate of drug-likeness (QED) is 0.278. The first-order valence-corrected chi connectivity index (χ1v) is 7.51. The molecule has 10 heteroatoms. The Morgan fingerprint density at radius 1 is 0.692 bits per heavy atom. The molecule has 0 radical (unpaired) electrons. The number of rotatable bonds is 10. The van der Waals surface area contributed by atoms with Crippen molar-refractivity contribution in [2.75, 3.05) is 28.4 Å². The Hall–Kier alpha value is -2.78. The molecule has 0 N–H and O–H groups in total. The lowest BCUT2D eigenvalue weighted by molar-refractivity contribution is -0.156. The minimum Gasteiger partial charge on any atom is -0.469 e. The minimum absolute atomic E-state index is 0.616. The van der Waals surface area contributed by atoms with Gasteiger partial charge in [0, 0.05) is 0 Å². The molecule has 0 aliphatic heterocycles. The van der Waals surface area contributed by atoms with Crippen LogP contribution >= 0.6 is 0 Å². The van der Waals surface area contributed by atoms with Crippen LogP contribution in [-0.2, 0) is 47.7 Å². The van der Waals surface area contributed by atoms with E-state index in [0.717, 1.165) is 28.4 Å². The van der Waals surface area contributed by atoms with Crippen LogP contribution < -0.4 is 0 Å². The molecule has 0 aromatic heterocycles. The third-order valence-electron chi connectivity index (χ3n) is 3.70. The highest BCUT2D eigenvalue weighted by Gasteiger charge is 2.41. The SMILES string of the molecule is COC(=O)CC(=O)C(CC(C(=O)OC)C(=O)C(C)C(=O)OC)C(=O)OC. The van der Waals surface area contributed by atoms with Gasteiger partial charge in [-0.15, -0.1) is 0 Å². The largest absolute Gasteiger partial charge is 0.469 e. The molecule has 0 bridgehead atoms. The summed E-state index contributed by atoms with van der Waals surface area (Å²) >= 11 is 0. The van der Waals surface area contributed by atoms with Gasteiger partial charge in [0.05, 0.1) is 28.4 Å². The molecule has 0 aromatic rings. The van der Waals surface area contributed by atoms with Crippen LogP contribution in [0.4, 0.5) is 0 Å². The van der Waals surface area contributed by atoms with Crippen molar-refractivity contribution in [1.82, 2.24) is 0 Å². The van der Waals surface area contributed by atoms with Crippen LogP contribution in [0.5, 0.6) is 0 Å². The monoisotopic (exact) mass is 374 g/mol. The summed E-state index contributed by atoms with van der Waals surface area (Å²) in [5, 5.41) is 0. The van der Waals surface area contributed by atoms with Crippen molar-refractivity contribution in [3.63, 3.8) is 0 Å². The predicted molar refractivity (Wildman–Crippen MR) is 83.5 cm³/mol. The lowest BCUT2D eigenvalue weighted by atomic mass is 9.84. The molecular formula is C16H22O10. The molecule has 0 spiro atoms. The average molecular weight is 374 g/mol. The molecule has 0 fully saturated rings. The van der Waals surface area contributed by atoms with Gasteiger partial charge in [-0.1, -0.05) is 0 Å². The van der Waals surface area contributed by atoms with Crippen LogP contribution in [0.3, 0.4) is 0 Å². The summed E-state index contributed by atoms with van der Waals surface area (Å²) in [5.41, 5.74) is 0. The minimum atomic E-state index is -1.60. The molecule has 0 aromatic carbocycles. The number of esters is 4. The summed E-state index contributed by atoms with van der Waals surface area (Å²) in [4.78, 5) is 71.3. The van der Waals surface area contributed by atoms with Gasteiger partial charge in [-0.05, 0) is 13.3 Å². The normalized spacial score (nSPS) is 13.6. The van der Waals surface area contributed by atoms with E-state index in [1.807, 2.05) is 0 Å². The third-order valence-corrected chi connectivity index (χ3v) is 3.70. The third kappa shape index (κ3) is 6.26. The zero-order valence-corrected chi connectivity index (χ0v) is 15.2. The Morgan fingerprint density at radius 2 is 1.15 bits per heavy atom. The summed E-state index contributed by atoms with van der Waals surface area (Å²) in [6.07, 6.45) is -1.36. The second-order valence-electron chi connectivity index (χ2n) is 5.25. The van der Waals surface area contributed by atoms with E-state index in [1.54, 1.807) is 0 Å². The second-order valence-corrected chi connectivity index (χ2v) is 5.25. The molecule has 0 rings (SSSR count). The van der Waals surface area contributed by atoms with Gasteiger partial charge in [0.2, 0.25) is 0 Å². The fraction of sp³-hybridized carbons (Fsp3) is 0.625. The highest BCUT2D eigenvalue weighted by molar-refractivity contribution is 6.10. The van der Waals surface area contributed by atoms with Crippen molar-refractivity contribution in [2.45, 2.75) is 19.8 Å². The first kappa shape index (κ1) is 23.2. The number of carbonyl (C=O) groups is 6. The summed E-state index contributed by atoms with van der Waals surface area (Å²) in [6.45, 7) is 1.22. The van der Waals surface area contributed by atoms with Gasteiger partial charge in [0.25, 0.3) is 0 Å². The fourth-order valence-electron chi connectivity index (χ4n) is 2.14. The van der Waals surface area contributed by atoms with E-state index >= 15 is 0 Å². The average Bonchev–Trinajstić information content (AvgIpc) is 2.65. The van der Waals surface area contributed by atoms with Crippen molar-refractivity contribution >= 4 is 35.4 Å². The Bertz CT molecular complexity index is 580. The molecule has 0 saturated carbocycles. The van der Waals surface area contributed by atoms with E-state index < -0.39 is 66.0 Å². The van der Waals surface area contributed by atoms with E-state index in [9.17, 15) is 28.8 Å². The highest BCUT2D eigenvalue weighted by Crippen LogP contribution is 2.22. The number of hydrogen-bond acceptors (Lipinski definition) is 10. The molecule has 0 saturated heterocycles. The topological polar surface area (TPSA) is 139 Å². The molecule has 3 unspecified atom stereocenters. The van der Waals surface area contributed by atoms with Gasteiger partial charge >= 0.3 is 23.9 Å². The van der Waals surface area contributed by atoms with Gasteiger partial charge in [-0.3, -0.25) is 28.8 Å². The van der Waals surface area contributed by atoms with Crippen LogP contribution in [0.2, 0.25) is 0 Å². The molecule has 146 valence electrons. The number of ether oxygens (including phenoxy) is 4. The van der Waals surface area contributed by atoms with Crippen LogP contribution in [0.25, 0.3) is 0 Å². The van der Waals surface area contributed by atoms with Gasteiger partial charge in [-0.2, -0.15) is 0 Å². The smallest absolute Gasteiger partial charge is 0.316 e. The zero-order valence-electron chi connectivity index (χ0n) is 15.2. The Morgan fingerprint density at radius 3 is 1.58 bits per heavy atom. The van der Waals surface area contributed by atoms with Crippen LogP contribution in [-0.4, -0.2) is 63.9 Å². The lowest BCUT2D eigenvalue weighted by Gasteiger charge is -2.20. The Balaban J connectivity index is 5.64. The molecular weight excluding hydrogens is 352 g/mol. The van der Waals surface area contributed by atoms with Gasteiger partial charge in [-0.25, -0.2) is 0 Å². The predicted octanol–water partition coefficient (Wildman–Crippen LogP) is -0.535. The zero-order chi connectivity index (χ0) is 20.4. The van der Waals surface area contributed by atoms with E-state index in [-0.39, 0.29) is 0 Å². The maximum Gasteiger partial charge on any atom is 0.316 e. The standard InChI is InChI=1S/C16H22O10/c1-8(14(20)24-3)13(19)10(16(22)26-5)6-9(15(21)25-4)11(17)7-12(18)23-2/h8-10H,6-7H2,1-5H3. The molecule has 3 atom stereocenters. The highest BCUT2D eigenvalue weighted by atomic mass is 16.5. The molecule has 0 heterocycles. The Labute approximate surface area is 150 Å². The van der Waals surface area contributed by atoms with E-state index in [1.165, 1.54) is 6.92 Å². The molecule has 0 aliphatic carbocycles. The molecule has 10 nitrogen and oxygen atoms in total. The molecule has 0 aliphatic rings. The number of Topliss-reactive ketones (excluding diaryl/α,β-unsaturated/α-hetero) is 2. The summed E-state index contributed by atoms with van der Waals surface area (Å²) in [7, 11) is 4.14. The van der Waals surface area contributed by atoms with Crippen molar-refractivity contribution in [3.8, 4) is 0 Å². The first-order valence-electron chi connectivity index (χ1n) is 7.51. The molecule has 0 amide bonds. The second kappa shape index (κ2) is 11.0. The number of carbonyl (C=O) groups excluding carboxylic acids is 6. The first-order chi connectivity index (χ1) is 12.1. The van der Waals surface area contributed by atoms with Gasteiger partial charge in [0.15, 0.2) is 11.6 Å². The van der Waals surface area contributed by atoms with E-state index in [0.29, 0.717) is 0 Å². The van der Waals surface area contributed by atoms with E-state index in [4.69, 9.17) is 0 Å². The molecule has 26 heavy (non-hydrogen) atoms. The summed E-state index contributed by atoms with van der Waals surface area (Å²) in [6, 6.07) is 0. The number of ketones is 2. The van der Waals surface area contributed by atoms with Gasteiger partial charge in [0.1, 0.15) is 24.2 Å². The van der Waals surface area contributed by atoms with Crippen LogP contribution in [0.1, 0.15) is 19.8 Å². The summed E-state index contributed by atoms with van der Waals surface area (Å²) in [5.74, 6) is -10.1. The maximum atomic E-state index is 12.4. The van der Waals surface area contributed by atoms with Crippen molar-refractivity contribution in [2.24, 2.45) is 17.8 Å². The van der Waals surface area contributed by atoms with Crippen molar-refractivity contribution in [3.05, 3.63) is 0 Å². The van der Waals surface area contributed by atoms with Crippen LogP contribution in [0, 0.1) is 17.8 Å². The summed E-state index contributed by atoms with van der Waals surface area (Å²) < 4.78 is 17.8. The Kier molecular flexibility index (Phi) is 9.78. The number of methoxy groups -OCH3 is 4. The number of hydrogen-bond donors (Lipinski definition) is 0. The fourth-order valence-corrected chi connectivity index (χ4v) is 2.14. The maximum absolute atomic E-state index is 12.4. The van der Waals surface area contributed by atoms with Crippen molar-refractivity contribution < 1.29 is 47.7 Å². The van der Waals surface area contributed by atoms with Crippen LogP contribution in [0.15, 0.2) is 0 Å². The van der Waals surface area contributed by atoms with E-state index in [2.05, 4.69) is 18.9 Å².